The van der Waals surface area contributed by atoms with Crippen LogP contribution < -0.4 is 0 Å². The molecule has 0 saturated carbocycles. The molecule has 0 aromatic rings. The molecule has 0 amide bonds. The van der Waals surface area contributed by atoms with Gasteiger partial charge in [-0.05, 0) is 64.2 Å². The van der Waals surface area contributed by atoms with Crippen LogP contribution in [-0.4, -0.2) is 63.9 Å². The number of hydrogen-bond donors (Lipinski definition) is 3. The lowest BCUT2D eigenvalue weighted by atomic mass is 10.1. The molecule has 0 aromatic heterocycles. The van der Waals surface area contributed by atoms with Gasteiger partial charge < -0.3 is 19.8 Å². The van der Waals surface area contributed by atoms with Crippen molar-refractivity contribution in [2.75, 3.05) is 26.2 Å². The van der Waals surface area contributed by atoms with E-state index in [4.69, 9.17) is 15.3 Å². The summed E-state index contributed by atoms with van der Waals surface area (Å²) in [5, 5.41) is 26.7. The predicted molar refractivity (Wildman–Crippen MR) is 117 cm³/mol. The number of aliphatic carboxylic acids is 3. The van der Waals surface area contributed by atoms with E-state index in [0.717, 1.165) is 82.0 Å². The van der Waals surface area contributed by atoms with Gasteiger partial charge in [-0.1, -0.05) is 12.5 Å². The summed E-state index contributed by atoms with van der Waals surface area (Å²) in [4.78, 5) is 32.5. The Balaban J connectivity index is 4.89. The van der Waals surface area contributed by atoms with Crippen LogP contribution in [0.3, 0.4) is 0 Å². The van der Waals surface area contributed by atoms with Crippen LogP contribution in [0, 0.1) is 0 Å². The zero-order valence-electron chi connectivity index (χ0n) is 18.5. The molecular weight excluding hydrogens is 386 g/mol. The summed E-state index contributed by atoms with van der Waals surface area (Å²) in [5.41, 5.74) is 0. The molecule has 0 heterocycles. The van der Waals surface area contributed by atoms with Crippen molar-refractivity contribution in [1.82, 2.24) is 0 Å². The third-order valence-electron chi connectivity index (χ3n) is 5.61. The molecule has 0 fully saturated rings. The normalized spacial score (nSPS) is 11.3. The van der Waals surface area contributed by atoms with Gasteiger partial charge in [-0.25, -0.2) is 0 Å². The van der Waals surface area contributed by atoms with Gasteiger partial charge in [0.15, 0.2) is 0 Å². The van der Waals surface area contributed by atoms with Gasteiger partial charge in [-0.15, -0.1) is 6.58 Å². The number of carboxylic acids is 3. The van der Waals surface area contributed by atoms with Crippen LogP contribution in [0.25, 0.3) is 0 Å². The van der Waals surface area contributed by atoms with E-state index in [9.17, 15) is 14.4 Å². The molecule has 0 unspecified atom stereocenters. The van der Waals surface area contributed by atoms with Gasteiger partial charge >= 0.3 is 17.9 Å². The Morgan fingerprint density at radius 3 is 1.23 bits per heavy atom. The largest absolute Gasteiger partial charge is 0.481 e. The molecule has 3 N–H and O–H groups in total. The Labute approximate surface area is 181 Å². The molecule has 0 aromatic carbocycles. The number of carboxylic acid groups (broad SMARTS) is 3. The Morgan fingerprint density at radius 2 is 0.900 bits per heavy atom. The second-order valence-corrected chi connectivity index (χ2v) is 8.28. The van der Waals surface area contributed by atoms with Gasteiger partial charge in [0, 0.05) is 19.3 Å². The number of nitrogens with zero attached hydrogens (tertiary/aromatic N) is 1. The number of allylic oxidation sites excluding steroid dienone is 1. The summed E-state index contributed by atoms with van der Waals surface area (Å²) in [5.74, 6) is -2.34. The van der Waals surface area contributed by atoms with Crippen LogP contribution in [0.2, 0.25) is 0 Å². The first-order valence-electron chi connectivity index (χ1n) is 11.4. The number of unbranched alkanes of at least 4 members (excludes halogenated alkanes) is 7. The first-order valence-corrected chi connectivity index (χ1v) is 11.4. The molecule has 0 aliphatic rings. The van der Waals surface area contributed by atoms with Crippen LogP contribution in [0.1, 0.15) is 89.9 Å². The fourth-order valence-electron chi connectivity index (χ4n) is 3.93. The van der Waals surface area contributed by atoms with Crippen LogP contribution in [0.4, 0.5) is 0 Å². The van der Waals surface area contributed by atoms with Crippen LogP contribution in [-0.2, 0) is 14.4 Å². The van der Waals surface area contributed by atoms with Crippen LogP contribution >= 0.6 is 0 Å². The highest BCUT2D eigenvalue weighted by Gasteiger charge is 2.26. The van der Waals surface area contributed by atoms with Crippen molar-refractivity contribution >= 4 is 17.9 Å². The third kappa shape index (κ3) is 17.0. The molecule has 174 valence electrons. The minimum Gasteiger partial charge on any atom is -0.481 e. The Kier molecular flexibility index (Phi) is 16.8. The van der Waals surface area contributed by atoms with Crippen LogP contribution in [0.5, 0.6) is 0 Å². The van der Waals surface area contributed by atoms with Gasteiger partial charge in [-0.2, -0.15) is 0 Å². The first-order chi connectivity index (χ1) is 14.3. The monoisotopic (exact) mass is 428 g/mol. The van der Waals surface area contributed by atoms with E-state index in [1.54, 1.807) is 0 Å². The minimum absolute atomic E-state index is 0.166. The fraction of sp³-hybridized carbons (Fsp3) is 0.783. The highest BCUT2D eigenvalue weighted by molar-refractivity contribution is 5.67. The van der Waals surface area contributed by atoms with Crippen molar-refractivity contribution in [3.63, 3.8) is 0 Å². The molecule has 0 atom stereocenters. The topological polar surface area (TPSA) is 112 Å². The Hall–Kier alpha value is -1.89. The lowest BCUT2D eigenvalue weighted by Crippen LogP contribution is -2.51. The molecule has 30 heavy (non-hydrogen) atoms. The number of rotatable bonds is 22. The predicted octanol–water partition coefficient (Wildman–Crippen LogP) is 4.70. The molecule has 7 heteroatoms. The van der Waals surface area contributed by atoms with Gasteiger partial charge in [0.1, 0.15) is 0 Å². The van der Waals surface area contributed by atoms with E-state index < -0.39 is 17.9 Å². The summed E-state index contributed by atoms with van der Waals surface area (Å²) in [6, 6.07) is 0. The number of carbonyl (C=O) groups is 3. The first kappa shape index (κ1) is 28.1. The Morgan fingerprint density at radius 1 is 0.567 bits per heavy atom. The van der Waals surface area contributed by atoms with Crippen molar-refractivity contribution in [2.45, 2.75) is 89.9 Å². The van der Waals surface area contributed by atoms with E-state index in [-0.39, 0.29) is 19.3 Å². The van der Waals surface area contributed by atoms with E-state index in [0.29, 0.717) is 19.3 Å². The van der Waals surface area contributed by atoms with Gasteiger partial charge in [0.25, 0.3) is 0 Å². The minimum atomic E-state index is -0.779. The van der Waals surface area contributed by atoms with E-state index in [1.165, 1.54) is 0 Å². The van der Waals surface area contributed by atoms with Crippen LogP contribution in [0.15, 0.2) is 12.7 Å². The maximum Gasteiger partial charge on any atom is 0.303 e. The van der Waals surface area contributed by atoms with Gasteiger partial charge in [0.05, 0.1) is 26.2 Å². The molecule has 0 radical (unpaired) electrons. The van der Waals surface area contributed by atoms with Crippen molar-refractivity contribution in [1.29, 1.82) is 0 Å². The molecule has 7 nitrogen and oxygen atoms in total. The fourth-order valence-corrected chi connectivity index (χ4v) is 3.93. The summed E-state index contributed by atoms with van der Waals surface area (Å²) in [7, 11) is 0. The zero-order valence-corrected chi connectivity index (χ0v) is 18.5. The van der Waals surface area contributed by atoms with E-state index in [2.05, 4.69) is 6.58 Å². The summed E-state index contributed by atoms with van der Waals surface area (Å²) in [6.07, 6.45) is 12.3. The van der Waals surface area contributed by atoms with E-state index in [1.807, 2.05) is 6.08 Å². The third-order valence-corrected chi connectivity index (χ3v) is 5.61. The van der Waals surface area contributed by atoms with Crippen molar-refractivity contribution in [3.8, 4) is 0 Å². The summed E-state index contributed by atoms with van der Waals surface area (Å²) in [6.45, 7) is 7.36. The van der Waals surface area contributed by atoms with Crippen molar-refractivity contribution in [3.05, 3.63) is 12.7 Å². The maximum atomic E-state index is 10.8. The molecule has 0 spiro atoms. The molecular formula is C23H42NO6+. The highest BCUT2D eigenvalue weighted by atomic mass is 16.4. The Bertz CT molecular complexity index is 451. The van der Waals surface area contributed by atoms with Gasteiger partial charge in [-0.3, -0.25) is 14.4 Å². The number of hydrogen-bond acceptors (Lipinski definition) is 3. The molecule has 0 aliphatic heterocycles. The van der Waals surface area contributed by atoms with Crippen molar-refractivity contribution < 1.29 is 34.2 Å². The summed E-state index contributed by atoms with van der Waals surface area (Å²) < 4.78 is 0.848. The van der Waals surface area contributed by atoms with Gasteiger partial charge in [0.2, 0.25) is 0 Å². The molecule has 0 rings (SSSR count). The lowest BCUT2D eigenvalue weighted by molar-refractivity contribution is -0.929. The molecule has 0 saturated heterocycles. The average molecular weight is 429 g/mol. The lowest BCUT2D eigenvalue weighted by Gasteiger charge is -2.39. The smallest absolute Gasteiger partial charge is 0.303 e. The standard InChI is InChI=1S/C23H41NO6/c1-2-3-4-5-6-10-17-24(18-11-7-14-21(25)26,19-12-8-15-22(27)28)20-13-9-16-23(29)30/h2H,1,3-20H2,(H2-,25,26,27,28,29,30)/p+1. The second kappa shape index (κ2) is 17.9. The molecule has 0 aliphatic carbocycles. The molecule has 0 bridgehead atoms. The van der Waals surface area contributed by atoms with E-state index >= 15 is 0 Å². The number of quaternary nitrogens is 1. The average Bonchev–Trinajstić information content (AvgIpc) is 2.68. The summed E-state index contributed by atoms with van der Waals surface area (Å²) >= 11 is 0. The second-order valence-electron chi connectivity index (χ2n) is 8.28. The SMILES string of the molecule is C=CCCCCCC[N+](CCCCC(=O)O)(CCCCC(=O)O)CCCCC(=O)O. The maximum absolute atomic E-state index is 10.8. The zero-order chi connectivity index (χ0) is 22.7. The van der Waals surface area contributed by atoms with Crippen molar-refractivity contribution in [2.24, 2.45) is 0 Å². The quantitative estimate of drug-likeness (QED) is 0.131. The highest BCUT2D eigenvalue weighted by Crippen LogP contribution is 2.19.